The van der Waals surface area contributed by atoms with Crippen LogP contribution in [0.1, 0.15) is 36.7 Å². The molecule has 0 heterocycles. The lowest BCUT2D eigenvalue weighted by Crippen LogP contribution is -2.40. The molecule has 0 radical (unpaired) electrons. The van der Waals surface area contributed by atoms with Crippen LogP contribution >= 0.6 is 0 Å². The van der Waals surface area contributed by atoms with E-state index in [0.717, 1.165) is 10.9 Å². The fourth-order valence-electron chi connectivity index (χ4n) is 2.87. The number of benzene rings is 3. The predicted molar refractivity (Wildman–Crippen MR) is 113 cm³/mol. The molecular weight excluding hydrogens is 368 g/mol. The maximum atomic E-state index is 12.7. The highest BCUT2D eigenvalue weighted by molar-refractivity contribution is 6.14. The van der Waals surface area contributed by atoms with Crippen molar-refractivity contribution in [3.63, 3.8) is 0 Å². The summed E-state index contributed by atoms with van der Waals surface area (Å²) in [6.07, 6.45) is -0.485. The van der Waals surface area contributed by atoms with Crippen LogP contribution in [0.3, 0.4) is 0 Å². The van der Waals surface area contributed by atoms with E-state index in [1.54, 1.807) is 36.4 Å². The molecule has 0 bridgehead atoms. The summed E-state index contributed by atoms with van der Waals surface area (Å²) in [5.74, 6) is -0.469. The first-order valence-corrected chi connectivity index (χ1v) is 9.29. The number of amides is 2. The van der Waals surface area contributed by atoms with Gasteiger partial charge in [0.05, 0.1) is 5.56 Å². The number of nitrogens with one attached hydrogen (secondary N) is 2. The summed E-state index contributed by atoms with van der Waals surface area (Å²) in [7, 11) is 0. The Morgan fingerprint density at radius 3 is 2.34 bits per heavy atom. The number of hydrogen-bond acceptors (Lipinski definition) is 4. The topological polar surface area (TPSA) is 87.7 Å². The Kier molecular flexibility index (Phi) is 5.73. The van der Waals surface area contributed by atoms with E-state index in [0.29, 0.717) is 11.1 Å². The van der Waals surface area contributed by atoms with Gasteiger partial charge in [0.1, 0.15) is 12.4 Å². The van der Waals surface area contributed by atoms with Crippen molar-refractivity contribution in [2.75, 3.05) is 5.32 Å². The Balaban J connectivity index is 1.67. The van der Waals surface area contributed by atoms with Crippen LogP contribution in [0.4, 0.5) is 10.5 Å². The van der Waals surface area contributed by atoms with Gasteiger partial charge >= 0.3 is 6.09 Å². The number of alkyl carbamates (subject to hydrolysis) is 1. The summed E-state index contributed by atoms with van der Waals surface area (Å²) >= 11 is 0. The lowest BCUT2D eigenvalue weighted by Gasteiger charge is -2.20. The van der Waals surface area contributed by atoms with Gasteiger partial charge in [0.15, 0.2) is 0 Å². The van der Waals surface area contributed by atoms with Gasteiger partial charge in [-0.3, -0.25) is 4.79 Å². The van der Waals surface area contributed by atoms with Crippen LogP contribution in [0.5, 0.6) is 5.75 Å². The van der Waals surface area contributed by atoms with E-state index in [2.05, 4.69) is 10.6 Å². The zero-order valence-electron chi connectivity index (χ0n) is 16.7. The summed E-state index contributed by atoms with van der Waals surface area (Å²) in [6, 6.07) is 17.6. The number of anilines is 1. The van der Waals surface area contributed by atoms with Gasteiger partial charge in [-0.1, -0.05) is 42.5 Å². The van der Waals surface area contributed by atoms with Crippen LogP contribution in [0, 0.1) is 0 Å². The number of phenols is 1. The van der Waals surface area contributed by atoms with Crippen molar-refractivity contribution < 1.29 is 19.4 Å². The third kappa shape index (κ3) is 5.25. The molecule has 0 atom stereocenters. The fraction of sp³-hybridized carbons (Fsp3) is 0.217. The second-order valence-corrected chi connectivity index (χ2v) is 7.78. The average molecular weight is 392 g/mol. The zero-order chi connectivity index (χ0) is 21.0. The van der Waals surface area contributed by atoms with E-state index in [1.165, 1.54) is 6.07 Å². The van der Waals surface area contributed by atoms with Crippen LogP contribution in [-0.4, -0.2) is 22.6 Å². The molecule has 0 unspecified atom stereocenters. The van der Waals surface area contributed by atoms with Crippen LogP contribution in [0.2, 0.25) is 0 Å². The quantitative estimate of drug-likeness (QED) is 0.594. The van der Waals surface area contributed by atoms with E-state index < -0.39 is 12.0 Å². The van der Waals surface area contributed by atoms with Crippen LogP contribution in [0.15, 0.2) is 60.7 Å². The number of rotatable bonds is 4. The van der Waals surface area contributed by atoms with E-state index in [4.69, 9.17) is 4.74 Å². The summed E-state index contributed by atoms with van der Waals surface area (Å²) in [4.78, 5) is 24.5. The summed E-state index contributed by atoms with van der Waals surface area (Å²) < 4.78 is 5.19. The van der Waals surface area contributed by atoms with Crippen molar-refractivity contribution in [2.24, 2.45) is 0 Å². The van der Waals surface area contributed by atoms with Gasteiger partial charge in [0.2, 0.25) is 0 Å². The number of carbonyl (C=O) groups is 2. The number of hydrogen-bond donors (Lipinski definition) is 3. The lowest BCUT2D eigenvalue weighted by molar-refractivity contribution is 0.102. The van der Waals surface area contributed by atoms with Gasteiger partial charge < -0.3 is 20.5 Å². The van der Waals surface area contributed by atoms with Gasteiger partial charge in [-0.15, -0.1) is 0 Å². The van der Waals surface area contributed by atoms with Crippen molar-refractivity contribution in [2.45, 2.75) is 32.9 Å². The molecule has 150 valence electrons. The van der Waals surface area contributed by atoms with Crippen molar-refractivity contribution in [3.05, 3.63) is 71.8 Å². The van der Waals surface area contributed by atoms with Gasteiger partial charge in [0, 0.05) is 11.2 Å². The third-order valence-corrected chi connectivity index (χ3v) is 4.19. The standard InChI is InChI=1S/C23H24N2O4/c1-23(2,3)25-22(28)29-14-15-8-11-17(12-9-15)24-21(27)20-18-7-5-4-6-16(18)10-13-19(20)26/h4-13,26H,14H2,1-3H3,(H,24,27)(H,25,28). The predicted octanol–water partition coefficient (Wildman–Crippen LogP) is 4.82. The average Bonchev–Trinajstić information content (AvgIpc) is 2.66. The molecule has 6 nitrogen and oxygen atoms in total. The summed E-state index contributed by atoms with van der Waals surface area (Å²) in [5.41, 5.74) is 1.23. The molecule has 3 aromatic carbocycles. The first kappa shape index (κ1) is 20.2. The maximum Gasteiger partial charge on any atom is 0.407 e. The largest absolute Gasteiger partial charge is 0.507 e. The van der Waals surface area contributed by atoms with Crippen molar-refractivity contribution in [3.8, 4) is 5.75 Å². The maximum absolute atomic E-state index is 12.7. The Morgan fingerprint density at radius 2 is 1.66 bits per heavy atom. The first-order chi connectivity index (χ1) is 13.7. The van der Waals surface area contributed by atoms with Gasteiger partial charge in [-0.25, -0.2) is 4.79 Å². The minimum absolute atomic E-state index is 0.0731. The molecule has 0 spiro atoms. The molecule has 0 saturated carbocycles. The molecule has 0 aliphatic heterocycles. The zero-order valence-corrected chi connectivity index (χ0v) is 16.7. The molecule has 0 fully saturated rings. The van der Waals surface area contributed by atoms with Gasteiger partial charge in [0.25, 0.3) is 5.91 Å². The SMILES string of the molecule is CC(C)(C)NC(=O)OCc1ccc(NC(=O)c2c(O)ccc3ccccc23)cc1. The number of fused-ring (bicyclic) bond motifs is 1. The molecule has 0 saturated heterocycles. The summed E-state index contributed by atoms with van der Waals surface area (Å²) in [6.45, 7) is 5.75. The summed E-state index contributed by atoms with van der Waals surface area (Å²) in [5, 5.41) is 17.3. The minimum atomic E-state index is -0.485. The molecule has 29 heavy (non-hydrogen) atoms. The molecule has 0 aliphatic rings. The molecular formula is C23H24N2O4. The highest BCUT2D eigenvalue weighted by atomic mass is 16.5. The third-order valence-electron chi connectivity index (χ3n) is 4.19. The molecule has 0 aliphatic carbocycles. The lowest BCUT2D eigenvalue weighted by atomic mass is 10.0. The Hall–Kier alpha value is -3.54. The monoisotopic (exact) mass is 392 g/mol. The first-order valence-electron chi connectivity index (χ1n) is 9.29. The highest BCUT2D eigenvalue weighted by Crippen LogP contribution is 2.28. The van der Waals surface area contributed by atoms with E-state index in [1.807, 2.05) is 39.0 Å². The molecule has 3 N–H and O–H groups in total. The highest BCUT2D eigenvalue weighted by Gasteiger charge is 2.16. The Bertz CT molecular complexity index is 1040. The normalized spacial score (nSPS) is 11.1. The van der Waals surface area contributed by atoms with Crippen molar-refractivity contribution in [1.29, 1.82) is 0 Å². The fourth-order valence-corrected chi connectivity index (χ4v) is 2.87. The smallest absolute Gasteiger partial charge is 0.407 e. The Labute approximate surface area is 169 Å². The number of ether oxygens (including phenoxy) is 1. The van der Waals surface area contributed by atoms with Crippen LogP contribution < -0.4 is 10.6 Å². The Morgan fingerprint density at radius 1 is 0.966 bits per heavy atom. The molecule has 3 aromatic rings. The number of aromatic hydroxyl groups is 1. The molecule has 6 heteroatoms. The van der Waals surface area contributed by atoms with E-state index >= 15 is 0 Å². The number of carbonyl (C=O) groups excluding carboxylic acids is 2. The molecule has 0 aromatic heterocycles. The van der Waals surface area contributed by atoms with Gasteiger partial charge in [-0.05, 0) is 55.3 Å². The van der Waals surface area contributed by atoms with Crippen LogP contribution in [-0.2, 0) is 11.3 Å². The van der Waals surface area contributed by atoms with Crippen LogP contribution in [0.25, 0.3) is 10.8 Å². The molecule has 3 rings (SSSR count). The second kappa shape index (κ2) is 8.22. The van der Waals surface area contributed by atoms with Gasteiger partial charge in [-0.2, -0.15) is 0 Å². The number of phenolic OH excluding ortho intramolecular Hbond substituents is 1. The van der Waals surface area contributed by atoms with Crippen molar-refractivity contribution >= 4 is 28.5 Å². The second-order valence-electron chi connectivity index (χ2n) is 7.78. The minimum Gasteiger partial charge on any atom is -0.507 e. The molecule has 2 amide bonds. The van der Waals surface area contributed by atoms with Crippen molar-refractivity contribution in [1.82, 2.24) is 5.32 Å². The van der Waals surface area contributed by atoms with E-state index in [-0.39, 0.29) is 23.5 Å². The van der Waals surface area contributed by atoms with E-state index in [9.17, 15) is 14.7 Å².